The van der Waals surface area contributed by atoms with Crippen molar-refractivity contribution in [1.29, 1.82) is 5.26 Å². The fourth-order valence-corrected chi connectivity index (χ4v) is 3.93. The summed E-state index contributed by atoms with van der Waals surface area (Å²) >= 11 is 5.92. The summed E-state index contributed by atoms with van der Waals surface area (Å²) in [6.45, 7) is 4.79. The van der Waals surface area contributed by atoms with Gasteiger partial charge in [0.2, 0.25) is 0 Å². The van der Waals surface area contributed by atoms with Crippen LogP contribution >= 0.6 is 11.6 Å². The lowest BCUT2D eigenvalue weighted by molar-refractivity contribution is 0.0358. The minimum absolute atomic E-state index is 0.0113. The summed E-state index contributed by atoms with van der Waals surface area (Å²) in [5.41, 5.74) is 1.99. The average Bonchev–Trinajstić information content (AvgIpc) is 2.84. The van der Waals surface area contributed by atoms with E-state index in [4.69, 9.17) is 25.8 Å². The molecule has 3 aromatic rings. The Hall–Kier alpha value is -3.12. The van der Waals surface area contributed by atoms with Gasteiger partial charge in [-0.2, -0.15) is 5.26 Å². The highest BCUT2D eigenvalue weighted by atomic mass is 35.5. The Bertz CT molecular complexity index is 1180. The molecular formula is C24H24ClFN4O3. The zero-order valence-electron chi connectivity index (χ0n) is 18.2. The van der Waals surface area contributed by atoms with Crippen molar-refractivity contribution in [3.63, 3.8) is 0 Å². The van der Waals surface area contributed by atoms with Gasteiger partial charge in [0.05, 0.1) is 43.2 Å². The van der Waals surface area contributed by atoms with Crippen LogP contribution in [0.25, 0.3) is 10.9 Å². The molecule has 7 nitrogen and oxygen atoms in total. The minimum atomic E-state index is -0.514. The molecule has 9 heteroatoms. The third-order valence-electron chi connectivity index (χ3n) is 5.45. The molecule has 0 atom stereocenters. The zero-order chi connectivity index (χ0) is 23.2. The number of aromatic nitrogens is 1. The summed E-state index contributed by atoms with van der Waals surface area (Å²) in [6.07, 6.45) is 2.32. The molecule has 1 saturated heterocycles. The predicted molar refractivity (Wildman–Crippen MR) is 125 cm³/mol. The van der Waals surface area contributed by atoms with Crippen molar-refractivity contribution in [3.8, 4) is 17.6 Å². The molecule has 0 aliphatic carbocycles. The van der Waals surface area contributed by atoms with Crippen molar-refractivity contribution in [2.24, 2.45) is 0 Å². The Kier molecular flexibility index (Phi) is 7.45. The van der Waals surface area contributed by atoms with Gasteiger partial charge < -0.3 is 19.5 Å². The molecule has 33 heavy (non-hydrogen) atoms. The number of benzene rings is 2. The van der Waals surface area contributed by atoms with E-state index in [-0.39, 0.29) is 5.02 Å². The van der Waals surface area contributed by atoms with E-state index in [2.05, 4.69) is 21.3 Å². The Balaban J connectivity index is 1.61. The van der Waals surface area contributed by atoms with Gasteiger partial charge in [0.25, 0.3) is 0 Å². The maximum absolute atomic E-state index is 13.6. The topological polar surface area (TPSA) is 79.6 Å². The van der Waals surface area contributed by atoms with Crippen LogP contribution < -0.4 is 14.8 Å². The first kappa shape index (κ1) is 23.1. The van der Waals surface area contributed by atoms with Crippen molar-refractivity contribution >= 4 is 33.9 Å². The number of fused-ring (bicyclic) bond motifs is 1. The summed E-state index contributed by atoms with van der Waals surface area (Å²) < 4.78 is 30.6. The number of hydrogen-bond donors (Lipinski definition) is 1. The van der Waals surface area contributed by atoms with Crippen LogP contribution in [0.15, 0.2) is 36.5 Å². The standard InChI is InChI=1S/C24H24ClFN4O3/c1-31-21-6-4-18-22(29-17-3-5-20(26)19(25)13-17)16(14-27)15-28-23(18)24(21)33-10-2-7-30-8-11-32-12-9-30/h3-6,13,15H,2,7-12H2,1H3,(H,28,29). The summed E-state index contributed by atoms with van der Waals surface area (Å²) in [4.78, 5) is 6.83. The number of morpholine rings is 1. The first-order valence-corrected chi connectivity index (χ1v) is 11.0. The monoisotopic (exact) mass is 470 g/mol. The van der Waals surface area contributed by atoms with Crippen LogP contribution in [-0.4, -0.2) is 56.4 Å². The zero-order valence-corrected chi connectivity index (χ0v) is 19.0. The second kappa shape index (κ2) is 10.7. The van der Waals surface area contributed by atoms with E-state index in [0.717, 1.165) is 39.3 Å². The van der Waals surface area contributed by atoms with Gasteiger partial charge in [0.1, 0.15) is 17.4 Å². The van der Waals surface area contributed by atoms with Crippen molar-refractivity contribution in [1.82, 2.24) is 9.88 Å². The molecule has 2 aromatic carbocycles. The molecule has 0 saturated carbocycles. The van der Waals surface area contributed by atoms with Crippen molar-refractivity contribution in [3.05, 3.63) is 52.9 Å². The maximum atomic E-state index is 13.6. The Morgan fingerprint density at radius 1 is 1.27 bits per heavy atom. The highest BCUT2D eigenvalue weighted by Gasteiger charge is 2.18. The van der Waals surface area contributed by atoms with Gasteiger partial charge in [-0.15, -0.1) is 0 Å². The number of pyridine rings is 1. The summed E-state index contributed by atoms with van der Waals surface area (Å²) in [7, 11) is 1.57. The van der Waals surface area contributed by atoms with E-state index in [1.807, 2.05) is 6.07 Å². The van der Waals surface area contributed by atoms with Gasteiger partial charge in [-0.05, 0) is 36.8 Å². The van der Waals surface area contributed by atoms with Crippen molar-refractivity contribution in [2.45, 2.75) is 6.42 Å². The molecule has 0 amide bonds. The van der Waals surface area contributed by atoms with Crippen LogP contribution in [0.1, 0.15) is 12.0 Å². The van der Waals surface area contributed by atoms with Gasteiger partial charge in [-0.1, -0.05) is 11.6 Å². The summed E-state index contributed by atoms with van der Waals surface area (Å²) in [6, 6.07) is 10.0. The number of nitrogens with zero attached hydrogens (tertiary/aromatic N) is 3. The van der Waals surface area contributed by atoms with Crippen molar-refractivity contribution in [2.75, 3.05) is 51.9 Å². The molecule has 0 bridgehead atoms. The van der Waals surface area contributed by atoms with E-state index in [1.54, 1.807) is 19.2 Å². The second-order valence-electron chi connectivity index (χ2n) is 7.56. The molecule has 2 heterocycles. The van der Waals surface area contributed by atoms with Crippen LogP contribution in [0.5, 0.6) is 11.5 Å². The Morgan fingerprint density at radius 2 is 2.09 bits per heavy atom. The van der Waals surface area contributed by atoms with Gasteiger partial charge >= 0.3 is 0 Å². The smallest absolute Gasteiger partial charge is 0.187 e. The summed E-state index contributed by atoms with van der Waals surface area (Å²) in [5, 5.41) is 13.5. The fourth-order valence-electron chi connectivity index (χ4n) is 3.75. The molecule has 1 aliphatic heterocycles. The van der Waals surface area contributed by atoms with E-state index >= 15 is 0 Å². The maximum Gasteiger partial charge on any atom is 0.187 e. The fraction of sp³-hybridized carbons (Fsp3) is 0.333. The second-order valence-corrected chi connectivity index (χ2v) is 7.97. The number of nitrogens with one attached hydrogen (secondary N) is 1. The van der Waals surface area contributed by atoms with Crippen LogP contribution in [0.4, 0.5) is 15.8 Å². The van der Waals surface area contributed by atoms with Crippen LogP contribution in [0.3, 0.4) is 0 Å². The minimum Gasteiger partial charge on any atom is -0.493 e. The van der Waals surface area contributed by atoms with Gasteiger partial charge in [0, 0.05) is 36.9 Å². The quantitative estimate of drug-likeness (QED) is 0.476. The molecule has 1 N–H and O–H groups in total. The Morgan fingerprint density at radius 3 is 2.82 bits per heavy atom. The number of ether oxygens (including phenoxy) is 3. The SMILES string of the molecule is COc1ccc2c(Nc3ccc(F)c(Cl)c3)c(C#N)cnc2c1OCCCN1CCOCC1. The molecule has 0 unspecified atom stereocenters. The molecule has 0 spiro atoms. The van der Waals surface area contributed by atoms with Crippen LogP contribution in [0.2, 0.25) is 5.02 Å². The third kappa shape index (κ3) is 5.28. The molecule has 1 fully saturated rings. The van der Waals surface area contributed by atoms with Gasteiger partial charge in [0.15, 0.2) is 11.5 Å². The first-order chi connectivity index (χ1) is 16.1. The van der Waals surface area contributed by atoms with E-state index in [1.165, 1.54) is 18.3 Å². The van der Waals surface area contributed by atoms with E-state index in [0.29, 0.717) is 45.9 Å². The van der Waals surface area contributed by atoms with Crippen LogP contribution in [-0.2, 0) is 4.74 Å². The average molecular weight is 471 g/mol. The van der Waals surface area contributed by atoms with Gasteiger partial charge in [-0.3, -0.25) is 9.88 Å². The third-order valence-corrected chi connectivity index (χ3v) is 5.74. The van der Waals surface area contributed by atoms with Crippen LogP contribution in [0, 0.1) is 17.1 Å². The number of anilines is 2. The molecule has 0 radical (unpaired) electrons. The highest BCUT2D eigenvalue weighted by molar-refractivity contribution is 6.31. The lowest BCUT2D eigenvalue weighted by Gasteiger charge is -2.26. The lowest BCUT2D eigenvalue weighted by atomic mass is 10.1. The molecule has 4 rings (SSSR count). The summed E-state index contributed by atoms with van der Waals surface area (Å²) in [5.74, 6) is 0.559. The number of halogens is 2. The molecular weight excluding hydrogens is 447 g/mol. The number of nitriles is 1. The molecule has 172 valence electrons. The number of hydrogen-bond acceptors (Lipinski definition) is 7. The normalized spacial score (nSPS) is 14.1. The Labute approximate surface area is 196 Å². The first-order valence-electron chi connectivity index (χ1n) is 10.7. The van der Waals surface area contributed by atoms with Gasteiger partial charge in [-0.25, -0.2) is 4.39 Å². The highest BCUT2D eigenvalue weighted by Crippen LogP contribution is 2.39. The van der Waals surface area contributed by atoms with Crippen molar-refractivity contribution < 1.29 is 18.6 Å². The van der Waals surface area contributed by atoms with E-state index < -0.39 is 5.82 Å². The lowest BCUT2D eigenvalue weighted by Crippen LogP contribution is -2.37. The molecule has 1 aromatic heterocycles. The van der Waals surface area contributed by atoms with E-state index in [9.17, 15) is 9.65 Å². The largest absolute Gasteiger partial charge is 0.493 e. The number of methoxy groups -OCH3 is 1. The number of rotatable bonds is 8. The predicted octanol–water partition coefficient (Wildman–Crippen LogP) is 4.75. The molecule has 1 aliphatic rings.